The highest BCUT2D eigenvalue weighted by molar-refractivity contribution is 6.06. The normalized spacial score (nSPS) is 15.3. The van der Waals surface area contributed by atoms with Gasteiger partial charge in [0.15, 0.2) is 0 Å². The SMILES string of the molecule is Cc1cccc2cnc(Nc3cc(NC(=O)Nc4cc(F)cc(N5CCOCC5)c4)c4nc(C5CC5)[nH]c4c3)nc12. The summed E-state index contributed by atoms with van der Waals surface area (Å²) >= 11 is 0. The number of carbonyl (C=O) groups excluding carboxylic acids is 1. The van der Waals surface area contributed by atoms with Crippen LogP contribution in [0.3, 0.4) is 0 Å². The molecule has 0 unspecified atom stereocenters. The quantitative estimate of drug-likeness (QED) is 0.202. The van der Waals surface area contributed by atoms with E-state index in [1.807, 2.05) is 36.1 Å². The van der Waals surface area contributed by atoms with Gasteiger partial charge in [-0.25, -0.2) is 24.1 Å². The Labute approximate surface area is 235 Å². The summed E-state index contributed by atoms with van der Waals surface area (Å²) in [7, 11) is 0. The van der Waals surface area contributed by atoms with Gasteiger partial charge in [0.25, 0.3) is 0 Å². The van der Waals surface area contributed by atoms with Gasteiger partial charge in [0.2, 0.25) is 5.95 Å². The second-order valence-electron chi connectivity index (χ2n) is 10.5. The highest BCUT2D eigenvalue weighted by Crippen LogP contribution is 2.40. The maximum Gasteiger partial charge on any atom is 0.323 e. The molecule has 11 heteroatoms. The number of fused-ring (bicyclic) bond motifs is 2. The van der Waals surface area contributed by atoms with E-state index in [9.17, 15) is 9.18 Å². The topological polar surface area (TPSA) is 120 Å². The highest BCUT2D eigenvalue weighted by atomic mass is 19.1. The molecule has 3 heterocycles. The predicted molar refractivity (Wildman–Crippen MR) is 158 cm³/mol. The fraction of sp³-hybridized carbons (Fsp3) is 0.267. The number of ether oxygens (including phenoxy) is 1. The number of rotatable bonds is 6. The summed E-state index contributed by atoms with van der Waals surface area (Å²) in [6, 6.07) is 13.7. The number of aryl methyl sites for hydroxylation is 1. The maximum atomic E-state index is 14.5. The zero-order valence-electron chi connectivity index (χ0n) is 22.5. The van der Waals surface area contributed by atoms with Crippen LogP contribution in [0, 0.1) is 12.7 Å². The van der Waals surface area contributed by atoms with Gasteiger partial charge in [0, 0.05) is 47.7 Å². The molecule has 4 N–H and O–H groups in total. The summed E-state index contributed by atoms with van der Waals surface area (Å²) in [6.07, 6.45) is 3.96. The zero-order valence-corrected chi connectivity index (χ0v) is 22.5. The minimum absolute atomic E-state index is 0.357. The molecule has 0 radical (unpaired) electrons. The summed E-state index contributed by atoms with van der Waals surface area (Å²) in [5, 5.41) is 9.94. The first-order valence-corrected chi connectivity index (χ1v) is 13.7. The third-order valence-corrected chi connectivity index (χ3v) is 7.40. The van der Waals surface area contributed by atoms with Gasteiger partial charge in [-0.05, 0) is 55.7 Å². The molecule has 2 amide bonds. The minimum atomic E-state index is -0.504. The number of hydrogen-bond donors (Lipinski definition) is 4. The highest BCUT2D eigenvalue weighted by Gasteiger charge is 2.27. The predicted octanol–water partition coefficient (Wildman–Crippen LogP) is 6.06. The number of nitrogens with zero attached hydrogens (tertiary/aromatic N) is 4. The number of para-hydroxylation sites is 1. The van der Waals surface area contributed by atoms with Crippen LogP contribution in [0.25, 0.3) is 21.9 Å². The van der Waals surface area contributed by atoms with Crippen molar-refractivity contribution in [2.45, 2.75) is 25.7 Å². The van der Waals surface area contributed by atoms with E-state index in [2.05, 4.69) is 25.9 Å². The molecule has 1 saturated heterocycles. The van der Waals surface area contributed by atoms with E-state index in [0.717, 1.165) is 40.6 Å². The smallest absolute Gasteiger partial charge is 0.323 e. The standard InChI is InChI=1S/C30H29FN8O2/c1-17-3-2-4-19-16-32-29(38-26(17)19)33-22-14-24-27(37-28(35-24)18-5-6-18)25(15-22)36-30(40)34-21-11-20(31)12-23(13-21)39-7-9-41-10-8-39/h2-4,11-16,18H,5-10H2,1H3,(H,35,37)(H,32,33,38)(H2,34,36,40). The molecule has 2 fully saturated rings. The molecule has 0 spiro atoms. The Morgan fingerprint density at radius 1 is 1.02 bits per heavy atom. The molecule has 10 nitrogen and oxygen atoms in total. The lowest BCUT2D eigenvalue weighted by Gasteiger charge is -2.29. The number of carbonyl (C=O) groups is 1. The van der Waals surface area contributed by atoms with Gasteiger partial charge >= 0.3 is 6.03 Å². The van der Waals surface area contributed by atoms with Crippen molar-refractivity contribution in [3.8, 4) is 0 Å². The van der Waals surface area contributed by atoms with Crippen LogP contribution in [-0.2, 0) is 4.74 Å². The Kier molecular flexibility index (Phi) is 6.35. The Morgan fingerprint density at radius 3 is 2.71 bits per heavy atom. The van der Waals surface area contributed by atoms with Gasteiger partial charge in [-0.2, -0.15) is 0 Å². The van der Waals surface area contributed by atoms with E-state index in [0.29, 0.717) is 66.4 Å². The van der Waals surface area contributed by atoms with Crippen molar-refractivity contribution in [3.05, 3.63) is 71.9 Å². The van der Waals surface area contributed by atoms with E-state index in [1.54, 1.807) is 18.3 Å². The average Bonchev–Trinajstić information content (AvgIpc) is 3.72. The molecule has 1 saturated carbocycles. The van der Waals surface area contributed by atoms with E-state index in [1.165, 1.54) is 12.1 Å². The van der Waals surface area contributed by atoms with Crippen LogP contribution in [0.5, 0.6) is 0 Å². The fourth-order valence-corrected chi connectivity index (χ4v) is 5.18. The summed E-state index contributed by atoms with van der Waals surface area (Å²) in [5.74, 6) is 1.32. The number of benzene rings is 3. The summed E-state index contributed by atoms with van der Waals surface area (Å²) in [6.45, 7) is 4.50. The lowest BCUT2D eigenvalue weighted by Crippen LogP contribution is -2.36. The van der Waals surface area contributed by atoms with Crippen molar-refractivity contribution < 1.29 is 13.9 Å². The summed E-state index contributed by atoms with van der Waals surface area (Å²) in [5.41, 5.74) is 5.60. The van der Waals surface area contributed by atoms with Crippen LogP contribution >= 0.6 is 0 Å². The van der Waals surface area contributed by atoms with Gasteiger partial charge in [-0.1, -0.05) is 18.2 Å². The number of morpholine rings is 1. The van der Waals surface area contributed by atoms with Gasteiger partial charge in [-0.15, -0.1) is 0 Å². The van der Waals surface area contributed by atoms with Gasteiger partial charge in [0.05, 0.1) is 29.9 Å². The molecule has 1 aliphatic carbocycles. The van der Waals surface area contributed by atoms with Crippen molar-refractivity contribution in [2.75, 3.05) is 47.2 Å². The van der Waals surface area contributed by atoms with Crippen LogP contribution in [0.15, 0.2) is 54.7 Å². The van der Waals surface area contributed by atoms with E-state index >= 15 is 0 Å². The Hall–Kier alpha value is -4.77. The van der Waals surface area contributed by atoms with Crippen LogP contribution in [0.1, 0.15) is 30.1 Å². The number of hydrogen-bond acceptors (Lipinski definition) is 7. The number of urea groups is 1. The maximum absolute atomic E-state index is 14.5. The number of amides is 2. The second-order valence-corrected chi connectivity index (χ2v) is 10.5. The van der Waals surface area contributed by atoms with Gasteiger partial charge < -0.3 is 30.6 Å². The average molecular weight is 553 g/mol. The van der Waals surface area contributed by atoms with Gasteiger partial charge in [-0.3, -0.25) is 0 Å². The number of nitrogens with one attached hydrogen (secondary N) is 4. The lowest BCUT2D eigenvalue weighted by molar-refractivity contribution is 0.122. The molecule has 0 bridgehead atoms. The number of halogens is 1. The number of aromatic amines is 1. The lowest BCUT2D eigenvalue weighted by atomic mass is 10.1. The Balaban J connectivity index is 1.17. The van der Waals surface area contributed by atoms with Gasteiger partial charge in [0.1, 0.15) is 17.2 Å². The molecule has 208 valence electrons. The van der Waals surface area contributed by atoms with Crippen LogP contribution in [0.2, 0.25) is 0 Å². The molecule has 2 aliphatic rings. The van der Waals surface area contributed by atoms with Crippen molar-refractivity contribution >= 4 is 56.7 Å². The van der Waals surface area contributed by atoms with Crippen molar-refractivity contribution in [2.24, 2.45) is 0 Å². The number of imidazole rings is 1. The molecular weight excluding hydrogens is 523 g/mol. The van der Waals surface area contributed by atoms with Crippen LogP contribution in [0.4, 0.5) is 37.9 Å². The third-order valence-electron chi connectivity index (χ3n) is 7.40. The first-order valence-electron chi connectivity index (χ1n) is 13.7. The Morgan fingerprint density at radius 2 is 1.88 bits per heavy atom. The van der Waals surface area contributed by atoms with Crippen LogP contribution in [-0.4, -0.2) is 52.3 Å². The Bertz CT molecular complexity index is 1780. The molecular formula is C30H29FN8O2. The molecule has 2 aromatic heterocycles. The first kappa shape index (κ1) is 25.2. The summed E-state index contributed by atoms with van der Waals surface area (Å²) in [4.78, 5) is 32.6. The van der Waals surface area contributed by atoms with Crippen LogP contribution < -0.4 is 20.9 Å². The largest absolute Gasteiger partial charge is 0.378 e. The third kappa shape index (κ3) is 5.36. The van der Waals surface area contributed by atoms with Crippen molar-refractivity contribution in [1.82, 2.24) is 19.9 Å². The first-order chi connectivity index (χ1) is 20.0. The summed E-state index contributed by atoms with van der Waals surface area (Å²) < 4.78 is 19.9. The fourth-order valence-electron chi connectivity index (χ4n) is 5.18. The van der Waals surface area contributed by atoms with E-state index < -0.39 is 11.8 Å². The molecule has 41 heavy (non-hydrogen) atoms. The minimum Gasteiger partial charge on any atom is -0.378 e. The van der Waals surface area contributed by atoms with E-state index in [-0.39, 0.29) is 0 Å². The second kappa shape index (κ2) is 10.3. The molecule has 1 aliphatic heterocycles. The zero-order chi connectivity index (χ0) is 27.9. The van der Waals surface area contributed by atoms with E-state index in [4.69, 9.17) is 14.7 Å². The molecule has 3 aromatic carbocycles. The monoisotopic (exact) mass is 552 g/mol. The van der Waals surface area contributed by atoms with Crippen molar-refractivity contribution in [3.63, 3.8) is 0 Å². The van der Waals surface area contributed by atoms with Crippen molar-refractivity contribution in [1.29, 1.82) is 0 Å². The molecule has 5 aromatic rings. The number of aromatic nitrogens is 4. The number of anilines is 5. The molecule has 0 atom stereocenters. The number of H-pyrrole nitrogens is 1. The molecule has 7 rings (SSSR count).